The number of imidazole rings is 1. The van der Waals surface area contributed by atoms with Crippen LogP contribution in [0.1, 0.15) is 92.1 Å². The minimum Gasteiger partial charge on any atom is -0.348 e. The van der Waals surface area contributed by atoms with Gasteiger partial charge in [0, 0.05) is 31.2 Å². The van der Waals surface area contributed by atoms with Gasteiger partial charge in [-0.25, -0.2) is 4.98 Å². The molecule has 0 aliphatic carbocycles. The number of hydrogen-bond acceptors (Lipinski definition) is 4. The third-order valence-corrected chi connectivity index (χ3v) is 7.95. The Morgan fingerprint density at radius 3 is 1.68 bits per heavy atom. The molecule has 7 nitrogen and oxygen atoms in total. The summed E-state index contributed by atoms with van der Waals surface area (Å²) in [5.41, 5.74) is 7.57. The molecule has 234 valence electrons. The number of amides is 2. The molecule has 0 unspecified atom stereocenters. The average molecular weight is 596 g/mol. The lowest BCUT2D eigenvalue weighted by atomic mass is 9.92. The molecular formula is C37H49N5O2. The van der Waals surface area contributed by atoms with Crippen molar-refractivity contribution in [1.29, 1.82) is 0 Å². The van der Waals surface area contributed by atoms with Crippen LogP contribution in [-0.2, 0) is 9.59 Å². The molecule has 0 saturated heterocycles. The number of H-pyrrole nitrogens is 1. The molecule has 7 heteroatoms. The molecule has 0 spiro atoms. The van der Waals surface area contributed by atoms with Crippen LogP contribution in [0.3, 0.4) is 0 Å². The van der Waals surface area contributed by atoms with E-state index in [9.17, 15) is 9.59 Å². The first-order chi connectivity index (χ1) is 20.9. The number of allylic oxidation sites excluding steroid dienone is 1. The van der Waals surface area contributed by atoms with Crippen LogP contribution >= 0.6 is 0 Å². The summed E-state index contributed by atoms with van der Waals surface area (Å²) >= 11 is 0. The predicted octanol–water partition coefficient (Wildman–Crippen LogP) is 7.98. The molecule has 2 amide bonds. The molecule has 0 saturated carbocycles. The Balaban J connectivity index is 1.39. The van der Waals surface area contributed by atoms with Gasteiger partial charge in [-0.3, -0.25) is 14.6 Å². The Morgan fingerprint density at radius 2 is 1.18 bits per heavy atom. The lowest BCUT2D eigenvalue weighted by Gasteiger charge is -2.23. The minimum absolute atomic E-state index is 0.0505. The maximum Gasteiger partial charge on any atom is 0.220 e. The second kappa shape index (κ2) is 14.7. The number of nitrogens with zero attached hydrogens (tertiary/aromatic N) is 2. The van der Waals surface area contributed by atoms with Gasteiger partial charge >= 0.3 is 0 Å². The summed E-state index contributed by atoms with van der Waals surface area (Å²) in [6.07, 6.45) is 5.56. The molecule has 2 atom stereocenters. The number of hydrogen-bond donors (Lipinski definition) is 3. The van der Waals surface area contributed by atoms with E-state index in [-0.39, 0.29) is 35.7 Å². The van der Waals surface area contributed by atoms with Crippen LogP contribution in [0, 0.1) is 23.7 Å². The lowest BCUT2D eigenvalue weighted by molar-refractivity contribution is -0.123. The normalized spacial score (nSPS) is 14.6. The Hall–Kier alpha value is -4.00. The fourth-order valence-corrected chi connectivity index (χ4v) is 5.57. The second-order valence-electron chi connectivity index (χ2n) is 13.6. The van der Waals surface area contributed by atoms with E-state index in [0.717, 1.165) is 45.9 Å². The van der Waals surface area contributed by atoms with E-state index in [4.69, 9.17) is 4.99 Å². The van der Waals surface area contributed by atoms with Crippen molar-refractivity contribution in [3.8, 4) is 22.4 Å². The zero-order valence-corrected chi connectivity index (χ0v) is 27.6. The summed E-state index contributed by atoms with van der Waals surface area (Å²) in [5.74, 6) is 2.02. The Morgan fingerprint density at radius 1 is 0.705 bits per heavy atom. The third-order valence-electron chi connectivity index (χ3n) is 7.95. The van der Waals surface area contributed by atoms with E-state index in [1.54, 1.807) is 0 Å². The van der Waals surface area contributed by atoms with Gasteiger partial charge in [0.15, 0.2) is 0 Å². The molecule has 2 heterocycles. The summed E-state index contributed by atoms with van der Waals surface area (Å²) < 4.78 is 0. The van der Waals surface area contributed by atoms with Gasteiger partial charge in [-0.2, -0.15) is 0 Å². The lowest BCUT2D eigenvalue weighted by Crippen LogP contribution is -2.44. The maximum atomic E-state index is 12.5. The van der Waals surface area contributed by atoms with Gasteiger partial charge in [-0.1, -0.05) is 104 Å². The van der Waals surface area contributed by atoms with Crippen molar-refractivity contribution in [2.45, 2.75) is 86.7 Å². The molecule has 3 aromatic rings. The Labute approximate surface area is 263 Å². The van der Waals surface area contributed by atoms with Crippen LogP contribution in [0.25, 0.3) is 28.0 Å². The second-order valence-corrected chi connectivity index (χ2v) is 13.6. The average Bonchev–Trinajstić information content (AvgIpc) is 3.65. The molecule has 1 aromatic heterocycles. The van der Waals surface area contributed by atoms with Crippen molar-refractivity contribution in [2.24, 2.45) is 28.7 Å². The van der Waals surface area contributed by atoms with Gasteiger partial charge in [-0.15, -0.1) is 0 Å². The largest absolute Gasteiger partial charge is 0.348 e. The summed E-state index contributed by atoms with van der Waals surface area (Å²) in [7, 11) is 0. The van der Waals surface area contributed by atoms with Crippen LogP contribution in [0.15, 0.2) is 65.9 Å². The van der Waals surface area contributed by atoms with Crippen LogP contribution < -0.4 is 10.6 Å². The van der Waals surface area contributed by atoms with Crippen LogP contribution in [0.4, 0.5) is 0 Å². The highest BCUT2D eigenvalue weighted by atomic mass is 16.2. The number of carbonyl (C=O) groups is 2. The number of rotatable bonds is 13. The number of aliphatic imine (C=N–C) groups is 1. The summed E-state index contributed by atoms with van der Waals surface area (Å²) in [6.45, 7) is 16.7. The van der Waals surface area contributed by atoms with Crippen LogP contribution in [0.5, 0.6) is 0 Å². The van der Waals surface area contributed by atoms with E-state index in [1.807, 2.05) is 26.2 Å². The van der Waals surface area contributed by atoms with Gasteiger partial charge in [0.1, 0.15) is 5.82 Å². The molecule has 4 rings (SSSR count). The minimum atomic E-state index is -0.163. The van der Waals surface area contributed by atoms with Crippen molar-refractivity contribution in [3.63, 3.8) is 0 Å². The zero-order valence-electron chi connectivity index (χ0n) is 27.6. The van der Waals surface area contributed by atoms with Crippen molar-refractivity contribution in [2.75, 3.05) is 0 Å². The fraction of sp³-hybridized carbons (Fsp3) is 0.459. The summed E-state index contributed by atoms with van der Waals surface area (Å²) in [6, 6.07) is 16.8. The molecular weight excluding hydrogens is 546 g/mol. The monoisotopic (exact) mass is 595 g/mol. The molecule has 44 heavy (non-hydrogen) atoms. The molecule has 1 aliphatic heterocycles. The summed E-state index contributed by atoms with van der Waals surface area (Å²) in [4.78, 5) is 37.7. The van der Waals surface area contributed by atoms with Gasteiger partial charge in [0.25, 0.3) is 0 Å². The highest BCUT2D eigenvalue weighted by Crippen LogP contribution is 2.30. The van der Waals surface area contributed by atoms with E-state index in [2.05, 4.69) is 111 Å². The van der Waals surface area contributed by atoms with Crippen molar-refractivity contribution in [3.05, 3.63) is 72.3 Å². The first-order valence-corrected chi connectivity index (χ1v) is 16.0. The number of aromatic amines is 1. The fourth-order valence-electron chi connectivity index (χ4n) is 5.57. The zero-order chi connectivity index (χ0) is 32.0. The van der Waals surface area contributed by atoms with Crippen LogP contribution in [0.2, 0.25) is 0 Å². The van der Waals surface area contributed by atoms with Crippen molar-refractivity contribution in [1.82, 2.24) is 20.6 Å². The Kier molecular flexibility index (Phi) is 11.0. The number of nitrogens with one attached hydrogen (secondary N) is 3. The highest BCUT2D eigenvalue weighted by Gasteiger charge is 2.26. The highest BCUT2D eigenvalue weighted by molar-refractivity contribution is 6.03. The molecule has 1 aliphatic rings. The molecule has 3 N–H and O–H groups in total. The van der Waals surface area contributed by atoms with Crippen molar-refractivity contribution >= 4 is 23.1 Å². The van der Waals surface area contributed by atoms with Gasteiger partial charge in [-0.05, 0) is 51.5 Å². The first kappa shape index (κ1) is 32.9. The predicted molar refractivity (Wildman–Crippen MR) is 181 cm³/mol. The summed E-state index contributed by atoms with van der Waals surface area (Å²) in [5, 5.41) is 6.36. The smallest absolute Gasteiger partial charge is 0.220 e. The van der Waals surface area contributed by atoms with Gasteiger partial charge < -0.3 is 15.6 Å². The quantitative estimate of drug-likeness (QED) is 0.187. The maximum absolute atomic E-state index is 12.5. The molecule has 2 aromatic carbocycles. The molecule has 0 fully saturated rings. The topological polar surface area (TPSA) is 99.2 Å². The van der Waals surface area contributed by atoms with Gasteiger partial charge in [0.2, 0.25) is 11.8 Å². The van der Waals surface area contributed by atoms with Crippen molar-refractivity contribution < 1.29 is 9.59 Å². The molecule has 0 radical (unpaired) electrons. The van der Waals surface area contributed by atoms with E-state index in [0.29, 0.717) is 24.7 Å². The third kappa shape index (κ3) is 8.55. The number of benzene rings is 2. The Bertz CT molecular complexity index is 1480. The standard InChI is InChI=1S/C37H49N5O2/c1-22(2)17-33(43)41-35(24(5)6)31-19-30(20-38-31)28-11-9-26(10-12-28)27-13-15-29(16-14-27)32-21-39-37(40-32)36(25(7)8)42-34(44)18-23(3)4/h9-16,20-25,35-36H,17-19H2,1-8H3,(H,39,40)(H,41,43)(H,42,44)/t35-,36-/m0/s1. The van der Waals surface area contributed by atoms with Gasteiger partial charge in [0.05, 0.1) is 24.0 Å². The van der Waals surface area contributed by atoms with E-state index in [1.165, 1.54) is 5.57 Å². The van der Waals surface area contributed by atoms with E-state index >= 15 is 0 Å². The molecule has 0 bridgehead atoms. The van der Waals surface area contributed by atoms with Crippen LogP contribution in [-0.4, -0.2) is 33.5 Å². The first-order valence-electron chi connectivity index (χ1n) is 16.0. The number of aromatic nitrogens is 2. The van der Waals surface area contributed by atoms with E-state index < -0.39 is 0 Å². The number of carbonyl (C=O) groups excluding carboxylic acids is 2. The SMILES string of the molecule is CC(C)CC(=O)N[C@H](C1=NC=C(c2ccc(-c3ccc(-c4cnc([C@@H](NC(=O)CC(C)C)C(C)C)[nH]4)cc3)cc2)C1)C(C)C.